The summed E-state index contributed by atoms with van der Waals surface area (Å²) in [6.07, 6.45) is 0. The number of rotatable bonds is 10. The summed E-state index contributed by atoms with van der Waals surface area (Å²) < 4.78 is 18.0. The molecule has 0 bridgehead atoms. The molecule has 0 aliphatic carbocycles. The molecule has 6 heterocycles. The maximum atomic E-state index is 7.14. The van der Waals surface area contributed by atoms with Gasteiger partial charge >= 0.3 is 0 Å². The summed E-state index contributed by atoms with van der Waals surface area (Å²) in [5.41, 5.74) is 24.2. The van der Waals surface area contributed by atoms with E-state index in [9.17, 15) is 0 Å². The Morgan fingerprint density at radius 3 is 1.29 bits per heavy atom. The molecular formula is C94H54N4O2S2. The van der Waals surface area contributed by atoms with Crippen LogP contribution < -0.4 is 0 Å². The molecule has 0 saturated carbocycles. The minimum atomic E-state index is 0.659. The van der Waals surface area contributed by atoms with Crippen molar-refractivity contribution in [2.45, 2.75) is 0 Å². The smallest absolute Gasteiger partial charge is 0.160 e. The van der Waals surface area contributed by atoms with Gasteiger partial charge in [0.25, 0.3) is 0 Å². The molecule has 102 heavy (non-hydrogen) atoms. The van der Waals surface area contributed by atoms with Crippen molar-refractivity contribution in [3.8, 4) is 112 Å². The highest BCUT2D eigenvalue weighted by Crippen LogP contribution is 2.49. The van der Waals surface area contributed by atoms with Crippen LogP contribution in [0.25, 0.3) is 218 Å². The van der Waals surface area contributed by atoms with Crippen LogP contribution in [0, 0.1) is 0 Å². The van der Waals surface area contributed by atoms with Crippen molar-refractivity contribution in [3.05, 3.63) is 328 Å². The van der Waals surface area contributed by atoms with Crippen LogP contribution in [0.4, 0.5) is 0 Å². The Balaban J connectivity index is 0.684. The molecule has 6 nitrogen and oxygen atoms in total. The standard InChI is InChI=1S/C94H54N4O2S2/c1-4-18-55(19-5-1)59-36-39-60(40-37-59)93-95-86-74-46-43-64(62-41-38-58-24-10-11-25-61(58)48-62)53-82(74)101-91(86)89(97-93)77-31-17-35-81-85(77)78-32-15-29-72(90(78)100-81)71-28-14-26-66-49-63(42-45-70(66)71)65-44-47-75-83(54-65)102-92-87(75)96-94(98-88(92)76-30-16-34-80-84(76)73-27-12-13-33-79(73)99-80)69-51-67(56-20-6-2-7-21-56)50-68(52-69)57-22-8-3-9-23-57/h1-54H. The van der Waals surface area contributed by atoms with Crippen molar-refractivity contribution in [2.75, 3.05) is 0 Å². The van der Waals surface area contributed by atoms with Gasteiger partial charge in [-0.3, -0.25) is 0 Å². The fourth-order valence-corrected chi connectivity index (χ4v) is 17.7. The van der Waals surface area contributed by atoms with Gasteiger partial charge in [-0.1, -0.05) is 267 Å². The molecule has 0 aliphatic rings. The van der Waals surface area contributed by atoms with E-state index in [1.54, 1.807) is 22.7 Å². The Morgan fingerprint density at radius 2 is 0.647 bits per heavy atom. The Bertz CT molecular complexity index is 6940. The molecule has 0 atom stereocenters. The molecule has 0 unspecified atom stereocenters. The second-order valence-electron chi connectivity index (χ2n) is 26.3. The fraction of sp³-hybridized carbons (Fsp3) is 0. The molecule has 8 heteroatoms. The van der Waals surface area contributed by atoms with Gasteiger partial charge in [-0.2, -0.15) is 0 Å². The maximum Gasteiger partial charge on any atom is 0.160 e. The van der Waals surface area contributed by atoms with Gasteiger partial charge in [-0.15, -0.1) is 22.7 Å². The van der Waals surface area contributed by atoms with E-state index in [2.05, 4.69) is 315 Å². The van der Waals surface area contributed by atoms with Crippen molar-refractivity contribution in [1.29, 1.82) is 0 Å². The minimum absolute atomic E-state index is 0.659. The van der Waals surface area contributed by atoms with Crippen molar-refractivity contribution < 1.29 is 8.83 Å². The first kappa shape index (κ1) is 58.0. The molecule has 15 aromatic carbocycles. The van der Waals surface area contributed by atoms with E-state index in [-0.39, 0.29) is 0 Å². The van der Waals surface area contributed by atoms with Crippen LogP contribution in [-0.2, 0) is 0 Å². The topological polar surface area (TPSA) is 77.8 Å². The van der Waals surface area contributed by atoms with E-state index in [4.69, 9.17) is 28.8 Å². The van der Waals surface area contributed by atoms with Crippen LogP contribution in [0.15, 0.2) is 336 Å². The zero-order valence-electron chi connectivity index (χ0n) is 54.6. The summed E-state index contributed by atoms with van der Waals surface area (Å²) in [4.78, 5) is 22.3. The summed E-state index contributed by atoms with van der Waals surface area (Å²) in [6, 6.07) is 117. The van der Waals surface area contributed by atoms with Gasteiger partial charge in [-0.05, 0) is 143 Å². The van der Waals surface area contributed by atoms with Crippen LogP contribution in [0.3, 0.4) is 0 Å². The molecule has 21 rings (SSSR count). The Labute approximate surface area is 593 Å². The van der Waals surface area contributed by atoms with Crippen molar-refractivity contribution in [1.82, 2.24) is 19.9 Å². The zero-order chi connectivity index (χ0) is 66.9. The van der Waals surface area contributed by atoms with Crippen LogP contribution in [0.2, 0.25) is 0 Å². The first-order valence-electron chi connectivity index (χ1n) is 34.3. The van der Waals surface area contributed by atoms with E-state index in [0.717, 1.165) is 190 Å². The lowest BCUT2D eigenvalue weighted by Crippen LogP contribution is -1.95. The highest BCUT2D eigenvalue weighted by atomic mass is 32.1. The van der Waals surface area contributed by atoms with Gasteiger partial charge in [0, 0.05) is 69.5 Å². The Morgan fingerprint density at radius 1 is 0.225 bits per heavy atom. The summed E-state index contributed by atoms with van der Waals surface area (Å²) in [6.45, 7) is 0. The lowest BCUT2D eigenvalue weighted by atomic mass is 9.93. The highest BCUT2D eigenvalue weighted by Gasteiger charge is 2.26. The number of nitrogens with zero attached hydrogens (tertiary/aromatic N) is 4. The second kappa shape index (κ2) is 23.3. The number of hydrogen-bond acceptors (Lipinski definition) is 8. The summed E-state index contributed by atoms with van der Waals surface area (Å²) in [5.74, 6) is 1.33. The van der Waals surface area contributed by atoms with Crippen LogP contribution in [0.5, 0.6) is 0 Å². The van der Waals surface area contributed by atoms with E-state index in [0.29, 0.717) is 11.6 Å². The van der Waals surface area contributed by atoms with E-state index in [1.165, 1.54) is 16.3 Å². The van der Waals surface area contributed by atoms with E-state index >= 15 is 0 Å². The number of thiophene rings is 2. The largest absolute Gasteiger partial charge is 0.456 e. The van der Waals surface area contributed by atoms with E-state index < -0.39 is 0 Å². The van der Waals surface area contributed by atoms with Crippen molar-refractivity contribution in [2.24, 2.45) is 0 Å². The third-order valence-electron chi connectivity index (χ3n) is 20.3. The highest BCUT2D eigenvalue weighted by molar-refractivity contribution is 7.26. The molecule has 0 aliphatic heterocycles. The number of hydrogen-bond donors (Lipinski definition) is 0. The van der Waals surface area contributed by atoms with Gasteiger partial charge in [0.1, 0.15) is 22.3 Å². The number of benzene rings is 15. The number of furan rings is 2. The zero-order valence-corrected chi connectivity index (χ0v) is 56.2. The lowest BCUT2D eigenvalue weighted by Gasteiger charge is -2.12. The SMILES string of the molecule is c1ccc(-c2ccc(-c3nc(-c4cccc5oc6c(-c7cccc8cc(-c9ccc%10c(c9)sc9c(-c%11cccc%12oc%13ccccc%13c%11%12)nc(-c%11cc(-c%12ccccc%12)cc(-c%12ccccc%12)c%11)nc9%10)ccc78)cccc6c45)c4sc5cc(-c6ccc7ccccc7c6)ccc5c4n3)cc2)cc1. The lowest BCUT2D eigenvalue weighted by molar-refractivity contribution is 0.669. The van der Waals surface area contributed by atoms with Crippen LogP contribution in [0.1, 0.15) is 0 Å². The second-order valence-corrected chi connectivity index (χ2v) is 28.4. The van der Waals surface area contributed by atoms with Crippen molar-refractivity contribution in [3.63, 3.8) is 0 Å². The molecule has 0 saturated heterocycles. The third-order valence-corrected chi connectivity index (χ3v) is 22.6. The van der Waals surface area contributed by atoms with Crippen LogP contribution in [-0.4, -0.2) is 19.9 Å². The Kier molecular flexibility index (Phi) is 13.3. The van der Waals surface area contributed by atoms with Gasteiger partial charge in [0.05, 0.1) is 31.8 Å². The molecule has 0 radical (unpaired) electrons. The van der Waals surface area contributed by atoms with Crippen molar-refractivity contribution >= 4 is 129 Å². The summed E-state index contributed by atoms with van der Waals surface area (Å²) in [7, 11) is 0. The summed E-state index contributed by atoms with van der Waals surface area (Å²) in [5, 5.41) is 11.0. The number of fused-ring (bicyclic) bond motifs is 14. The summed E-state index contributed by atoms with van der Waals surface area (Å²) >= 11 is 3.50. The van der Waals surface area contributed by atoms with Crippen LogP contribution >= 0.6 is 22.7 Å². The first-order valence-corrected chi connectivity index (χ1v) is 35.9. The molecule has 21 aromatic rings. The van der Waals surface area contributed by atoms with E-state index in [1.807, 2.05) is 12.1 Å². The average molecular weight is 1340 g/mol. The molecule has 0 amide bonds. The molecule has 0 fully saturated rings. The van der Waals surface area contributed by atoms with Gasteiger partial charge in [0.15, 0.2) is 11.6 Å². The quantitative estimate of drug-likeness (QED) is 0.136. The monoisotopic (exact) mass is 1330 g/mol. The maximum absolute atomic E-state index is 7.14. The number of aromatic nitrogens is 4. The minimum Gasteiger partial charge on any atom is -0.456 e. The predicted octanol–water partition coefficient (Wildman–Crippen LogP) is 26.8. The molecule has 6 aromatic heterocycles. The average Bonchev–Trinajstić information content (AvgIpc) is 1.56. The molecule has 474 valence electrons. The third kappa shape index (κ3) is 9.60. The fourth-order valence-electron chi connectivity index (χ4n) is 15.4. The predicted molar refractivity (Wildman–Crippen MR) is 427 cm³/mol. The number of para-hydroxylation sites is 2. The Hall–Kier alpha value is -13.0. The molecular weight excluding hydrogens is 1280 g/mol. The van der Waals surface area contributed by atoms with Gasteiger partial charge in [-0.25, -0.2) is 19.9 Å². The normalized spacial score (nSPS) is 11.9. The van der Waals surface area contributed by atoms with Gasteiger partial charge < -0.3 is 8.83 Å². The molecule has 0 N–H and O–H groups in total. The van der Waals surface area contributed by atoms with Gasteiger partial charge in [0.2, 0.25) is 0 Å². The first-order chi connectivity index (χ1) is 50.5. The molecule has 0 spiro atoms.